The van der Waals surface area contributed by atoms with Gasteiger partial charge in [-0.15, -0.1) is 0 Å². The van der Waals surface area contributed by atoms with Gasteiger partial charge in [-0.05, 0) is 29.8 Å². The number of rotatable bonds is 6. The van der Waals surface area contributed by atoms with Crippen molar-refractivity contribution in [3.63, 3.8) is 0 Å². The minimum atomic E-state index is -1.01. The second-order valence-corrected chi connectivity index (χ2v) is 5.16. The summed E-state index contributed by atoms with van der Waals surface area (Å²) in [6.07, 6.45) is 0. The van der Waals surface area contributed by atoms with Crippen molar-refractivity contribution in [2.75, 3.05) is 13.2 Å². The maximum absolute atomic E-state index is 13.4. The molecule has 0 unspecified atom stereocenters. The molecule has 0 aliphatic carbocycles. The van der Waals surface area contributed by atoms with Gasteiger partial charge in [-0.1, -0.05) is 28.1 Å². The number of nitrogens with two attached hydrogens (primary N) is 1. The maximum Gasteiger partial charge on any atom is 0.200 e. The smallest absolute Gasteiger partial charge is 0.200 e. The maximum atomic E-state index is 13.4. The van der Waals surface area contributed by atoms with Crippen LogP contribution in [-0.2, 0) is 6.54 Å². The lowest BCUT2D eigenvalue weighted by molar-refractivity contribution is 0.209. The molecule has 0 fully saturated rings. The summed E-state index contributed by atoms with van der Waals surface area (Å²) in [6, 6.07) is 9.72. The van der Waals surface area contributed by atoms with E-state index in [0.717, 1.165) is 11.6 Å². The van der Waals surface area contributed by atoms with Crippen LogP contribution in [0.2, 0.25) is 0 Å². The molecule has 3 nitrogen and oxygen atoms in total. The van der Waals surface area contributed by atoms with Crippen molar-refractivity contribution in [3.8, 4) is 11.5 Å². The van der Waals surface area contributed by atoms with E-state index >= 15 is 0 Å². The van der Waals surface area contributed by atoms with Crippen molar-refractivity contribution < 1.29 is 18.3 Å². The summed E-state index contributed by atoms with van der Waals surface area (Å²) < 4.78 is 37.6. The van der Waals surface area contributed by atoms with Crippen molar-refractivity contribution >= 4 is 15.9 Å². The van der Waals surface area contributed by atoms with Crippen molar-refractivity contribution in [1.29, 1.82) is 0 Å². The largest absolute Gasteiger partial charge is 0.490 e. The summed E-state index contributed by atoms with van der Waals surface area (Å²) in [4.78, 5) is 0. The molecule has 0 radical (unpaired) electrons. The molecule has 0 aromatic heterocycles. The second-order valence-electron chi connectivity index (χ2n) is 4.24. The van der Waals surface area contributed by atoms with Crippen LogP contribution in [0.1, 0.15) is 5.56 Å². The van der Waals surface area contributed by atoms with Gasteiger partial charge in [0.05, 0.1) is 0 Å². The minimum absolute atomic E-state index is 0.103. The summed E-state index contributed by atoms with van der Waals surface area (Å²) in [5.74, 6) is -1.45. The van der Waals surface area contributed by atoms with Gasteiger partial charge < -0.3 is 15.2 Å². The summed E-state index contributed by atoms with van der Waals surface area (Å²) in [5, 5.41) is 0. The molecule has 2 N–H and O–H groups in total. The zero-order valence-corrected chi connectivity index (χ0v) is 12.7. The van der Waals surface area contributed by atoms with Crippen LogP contribution in [-0.4, -0.2) is 13.2 Å². The van der Waals surface area contributed by atoms with Gasteiger partial charge in [0, 0.05) is 11.0 Å². The SMILES string of the molecule is NCc1ccc(OCCOc2cc(Br)cc(F)c2F)cc1. The van der Waals surface area contributed by atoms with Crippen molar-refractivity contribution in [3.05, 3.63) is 58.1 Å². The number of hydrogen-bond donors (Lipinski definition) is 1. The first-order valence-electron chi connectivity index (χ1n) is 6.29. The fraction of sp³-hybridized carbons (Fsp3) is 0.200. The molecule has 21 heavy (non-hydrogen) atoms. The molecule has 0 spiro atoms. The molecule has 0 aliphatic heterocycles. The van der Waals surface area contributed by atoms with E-state index in [1.54, 1.807) is 12.1 Å². The predicted molar refractivity (Wildman–Crippen MR) is 79.4 cm³/mol. The van der Waals surface area contributed by atoms with E-state index in [1.165, 1.54) is 6.07 Å². The molecule has 0 saturated heterocycles. The number of benzene rings is 2. The molecule has 0 bridgehead atoms. The number of halogens is 3. The van der Waals surface area contributed by atoms with E-state index in [4.69, 9.17) is 15.2 Å². The number of ether oxygens (including phenoxy) is 2. The minimum Gasteiger partial charge on any atom is -0.490 e. The zero-order chi connectivity index (χ0) is 15.2. The van der Waals surface area contributed by atoms with Crippen LogP contribution in [0.25, 0.3) is 0 Å². The Labute approximate surface area is 129 Å². The lowest BCUT2D eigenvalue weighted by Gasteiger charge is -2.10. The van der Waals surface area contributed by atoms with Gasteiger partial charge in [-0.2, -0.15) is 4.39 Å². The molecule has 0 amide bonds. The van der Waals surface area contributed by atoms with Crippen LogP contribution in [0.5, 0.6) is 11.5 Å². The molecule has 112 valence electrons. The van der Waals surface area contributed by atoms with E-state index in [2.05, 4.69) is 15.9 Å². The molecule has 0 heterocycles. The lowest BCUT2D eigenvalue weighted by Crippen LogP contribution is -2.10. The number of hydrogen-bond acceptors (Lipinski definition) is 3. The topological polar surface area (TPSA) is 44.5 Å². The average molecular weight is 358 g/mol. The van der Waals surface area contributed by atoms with E-state index in [1.807, 2.05) is 12.1 Å². The standard InChI is InChI=1S/C15H14BrF2NO2/c16-11-7-13(17)15(18)14(8-11)21-6-5-20-12-3-1-10(9-19)2-4-12/h1-4,7-8H,5-6,9,19H2. The van der Waals surface area contributed by atoms with Crippen LogP contribution in [0, 0.1) is 11.6 Å². The fourth-order valence-electron chi connectivity index (χ4n) is 1.67. The Balaban J connectivity index is 1.84. The summed E-state index contributed by atoms with van der Waals surface area (Å²) in [6.45, 7) is 0.790. The Kier molecular flexibility index (Phi) is 5.52. The normalized spacial score (nSPS) is 10.5. The predicted octanol–water partition coefficient (Wildman–Crippen LogP) is 3.64. The van der Waals surface area contributed by atoms with E-state index in [-0.39, 0.29) is 19.0 Å². The highest BCUT2D eigenvalue weighted by molar-refractivity contribution is 9.10. The molecule has 0 saturated carbocycles. The van der Waals surface area contributed by atoms with Gasteiger partial charge in [0.25, 0.3) is 0 Å². The first-order chi connectivity index (χ1) is 10.1. The Bertz CT molecular complexity index is 605. The van der Waals surface area contributed by atoms with Gasteiger partial charge in [-0.25, -0.2) is 4.39 Å². The molecule has 2 rings (SSSR count). The monoisotopic (exact) mass is 357 g/mol. The third kappa shape index (κ3) is 4.41. The van der Waals surface area contributed by atoms with Gasteiger partial charge in [0.15, 0.2) is 11.6 Å². The van der Waals surface area contributed by atoms with Gasteiger partial charge in [0.1, 0.15) is 19.0 Å². The molecule has 2 aromatic carbocycles. The zero-order valence-electron chi connectivity index (χ0n) is 11.1. The fourth-order valence-corrected chi connectivity index (χ4v) is 2.08. The summed E-state index contributed by atoms with van der Waals surface area (Å²) in [5.41, 5.74) is 6.50. The molecule has 0 atom stereocenters. The third-order valence-corrected chi connectivity index (χ3v) is 3.19. The van der Waals surface area contributed by atoms with Crippen LogP contribution >= 0.6 is 15.9 Å². The van der Waals surface area contributed by atoms with Crippen LogP contribution in [0.4, 0.5) is 8.78 Å². The Morgan fingerprint density at radius 3 is 2.33 bits per heavy atom. The molecule has 2 aromatic rings. The third-order valence-electron chi connectivity index (χ3n) is 2.73. The Morgan fingerprint density at radius 1 is 1.00 bits per heavy atom. The molecule has 0 aliphatic rings. The van der Waals surface area contributed by atoms with Crippen LogP contribution < -0.4 is 15.2 Å². The molecular formula is C15H14BrF2NO2. The first kappa shape index (κ1) is 15.7. The van der Waals surface area contributed by atoms with Gasteiger partial charge >= 0.3 is 0 Å². The molecular weight excluding hydrogens is 344 g/mol. The quantitative estimate of drug-likeness (QED) is 0.633. The lowest BCUT2D eigenvalue weighted by atomic mass is 10.2. The molecule has 6 heteroatoms. The summed E-state index contributed by atoms with van der Waals surface area (Å²) >= 11 is 3.08. The van der Waals surface area contributed by atoms with Crippen LogP contribution in [0.15, 0.2) is 40.9 Å². The Morgan fingerprint density at radius 2 is 1.67 bits per heavy atom. The van der Waals surface area contributed by atoms with Gasteiger partial charge in [-0.3, -0.25) is 0 Å². The van der Waals surface area contributed by atoms with E-state index in [0.29, 0.717) is 16.8 Å². The van der Waals surface area contributed by atoms with Gasteiger partial charge in [0.2, 0.25) is 5.82 Å². The average Bonchev–Trinajstić information content (AvgIpc) is 2.49. The van der Waals surface area contributed by atoms with E-state index < -0.39 is 11.6 Å². The second kappa shape index (κ2) is 7.38. The van der Waals surface area contributed by atoms with Crippen molar-refractivity contribution in [1.82, 2.24) is 0 Å². The first-order valence-corrected chi connectivity index (χ1v) is 7.08. The van der Waals surface area contributed by atoms with E-state index in [9.17, 15) is 8.78 Å². The Hall–Kier alpha value is -1.66. The highest BCUT2D eigenvalue weighted by Gasteiger charge is 2.11. The van der Waals surface area contributed by atoms with Crippen LogP contribution in [0.3, 0.4) is 0 Å². The summed E-state index contributed by atoms with van der Waals surface area (Å²) in [7, 11) is 0. The van der Waals surface area contributed by atoms with Crippen molar-refractivity contribution in [2.45, 2.75) is 6.54 Å². The highest BCUT2D eigenvalue weighted by Crippen LogP contribution is 2.25. The highest BCUT2D eigenvalue weighted by atomic mass is 79.9. The van der Waals surface area contributed by atoms with Crippen molar-refractivity contribution in [2.24, 2.45) is 5.73 Å².